The molecule has 1 rings (SSSR count). The van der Waals surface area contributed by atoms with Gasteiger partial charge in [-0.1, -0.05) is 0 Å². The van der Waals surface area contributed by atoms with E-state index in [1.165, 1.54) is 11.8 Å². The van der Waals surface area contributed by atoms with Crippen LogP contribution in [0.1, 0.15) is 0 Å². The molecule has 0 saturated carbocycles. The molecule has 0 amide bonds. The molecule has 0 aliphatic heterocycles. The normalized spacial score (nSPS) is 10.2. The Labute approximate surface area is 83.5 Å². The molecule has 3 nitrogen and oxygen atoms in total. The Balaban J connectivity index is 2.81. The Morgan fingerprint density at radius 3 is 2.92 bits per heavy atom. The molecule has 0 aromatic carbocycles. The Bertz CT molecular complexity index is 249. The molecule has 1 aromatic rings. The van der Waals surface area contributed by atoms with Crippen LogP contribution in [-0.2, 0) is 0 Å². The smallest absolute Gasteiger partial charge is 0.0650 e. The first kappa shape index (κ1) is 9.83. The van der Waals surface area contributed by atoms with Crippen molar-refractivity contribution in [3.8, 4) is 0 Å². The van der Waals surface area contributed by atoms with E-state index >= 15 is 0 Å². The number of nitrogens with zero attached hydrogens (tertiary/aromatic N) is 1. The fraction of sp³-hybridized carbons (Fsp3) is 0.286. The number of hydrogen-bond donors (Lipinski definition) is 2. The maximum absolute atomic E-state index is 8.62. The monoisotopic (exact) mass is 248 g/mol. The fourth-order valence-electron chi connectivity index (χ4n) is 0.738. The van der Waals surface area contributed by atoms with E-state index in [-0.39, 0.29) is 6.61 Å². The number of nitrogen functional groups attached to an aromatic ring is 1. The molecule has 3 N–H and O–H groups in total. The van der Waals surface area contributed by atoms with Crippen LogP contribution in [0, 0.1) is 0 Å². The fourth-order valence-corrected chi connectivity index (χ4v) is 2.13. The standard InChI is InChI=1S/C7H9BrN2OS/c8-5-3-10-4-6(9)7(5)12-2-1-11/h3-4,11H,1-2,9H2. The number of aromatic nitrogens is 1. The molecule has 66 valence electrons. The number of nitrogens with two attached hydrogens (primary N) is 1. The van der Waals surface area contributed by atoms with Gasteiger partial charge in [0.15, 0.2) is 0 Å². The van der Waals surface area contributed by atoms with Gasteiger partial charge in [0, 0.05) is 16.8 Å². The van der Waals surface area contributed by atoms with Crippen molar-refractivity contribution in [3.05, 3.63) is 16.9 Å². The van der Waals surface area contributed by atoms with Crippen LogP contribution in [0.15, 0.2) is 21.8 Å². The third-order valence-electron chi connectivity index (χ3n) is 1.22. The molecule has 1 aromatic heterocycles. The van der Waals surface area contributed by atoms with E-state index in [2.05, 4.69) is 20.9 Å². The first-order valence-corrected chi connectivity index (χ1v) is 5.16. The van der Waals surface area contributed by atoms with Crippen LogP contribution < -0.4 is 5.73 Å². The van der Waals surface area contributed by atoms with E-state index in [1.54, 1.807) is 12.4 Å². The Morgan fingerprint density at radius 2 is 2.33 bits per heavy atom. The van der Waals surface area contributed by atoms with Gasteiger partial charge in [-0.15, -0.1) is 11.8 Å². The van der Waals surface area contributed by atoms with Gasteiger partial charge < -0.3 is 10.8 Å². The predicted octanol–water partition coefficient (Wildman–Crippen LogP) is 1.51. The summed E-state index contributed by atoms with van der Waals surface area (Å²) in [6.45, 7) is 0.152. The number of thioether (sulfide) groups is 1. The second-order valence-corrected chi connectivity index (χ2v) is 4.07. The average Bonchev–Trinajstić information content (AvgIpc) is 2.04. The number of halogens is 1. The molecule has 0 saturated heterocycles. The second-order valence-electron chi connectivity index (χ2n) is 2.11. The van der Waals surface area contributed by atoms with E-state index in [0.717, 1.165) is 9.37 Å². The molecule has 0 unspecified atom stereocenters. The lowest BCUT2D eigenvalue weighted by atomic mass is 10.4. The summed E-state index contributed by atoms with van der Waals surface area (Å²) < 4.78 is 0.876. The van der Waals surface area contributed by atoms with Crippen LogP contribution in [0.2, 0.25) is 0 Å². The summed E-state index contributed by atoms with van der Waals surface area (Å²) in [5, 5.41) is 8.62. The Hall–Kier alpha value is -0.260. The van der Waals surface area contributed by atoms with E-state index in [0.29, 0.717) is 11.4 Å². The Kier molecular flexibility index (Phi) is 3.84. The van der Waals surface area contributed by atoms with Gasteiger partial charge in [0.2, 0.25) is 0 Å². The number of aliphatic hydroxyl groups excluding tert-OH is 1. The summed E-state index contributed by atoms with van der Waals surface area (Å²) in [6.07, 6.45) is 3.29. The minimum atomic E-state index is 0.152. The minimum absolute atomic E-state index is 0.152. The number of rotatable bonds is 3. The molecule has 0 radical (unpaired) electrons. The van der Waals surface area contributed by atoms with Crippen LogP contribution in [0.3, 0.4) is 0 Å². The number of pyridine rings is 1. The van der Waals surface area contributed by atoms with Gasteiger partial charge in [0.25, 0.3) is 0 Å². The summed E-state index contributed by atoms with van der Waals surface area (Å²) in [4.78, 5) is 4.85. The molecule has 0 aliphatic rings. The highest BCUT2D eigenvalue weighted by Gasteiger charge is 2.03. The van der Waals surface area contributed by atoms with Crippen molar-refractivity contribution in [2.45, 2.75) is 4.90 Å². The first-order valence-electron chi connectivity index (χ1n) is 3.38. The summed E-state index contributed by atoms with van der Waals surface area (Å²) in [5.74, 6) is 0.646. The van der Waals surface area contributed by atoms with Gasteiger partial charge in [0.1, 0.15) is 0 Å². The van der Waals surface area contributed by atoms with E-state index < -0.39 is 0 Å². The van der Waals surface area contributed by atoms with Crippen molar-refractivity contribution in [3.63, 3.8) is 0 Å². The highest BCUT2D eigenvalue weighted by molar-refractivity contribution is 9.10. The lowest BCUT2D eigenvalue weighted by Gasteiger charge is -2.04. The third kappa shape index (κ3) is 2.36. The molecular weight excluding hydrogens is 240 g/mol. The molecule has 0 aliphatic carbocycles. The lowest BCUT2D eigenvalue weighted by Crippen LogP contribution is -1.93. The van der Waals surface area contributed by atoms with Crippen molar-refractivity contribution in [2.24, 2.45) is 0 Å². The van der Waals surface area contributed by atoms with Crippen LogP contribution in [-0.4, -0.2) is 22.5 Å². The molecule has 0 fully saturated rings. The summed E-state index contributed by atoms with van der Waals surface area (Å²) >= 11 is 4.84. The quantitative estimate of drug-likeness (QED) is 0.797. The molecule has 5 heteroatoms. The summed E-state index contributed by atoms with van der Waals surface area (Å²) in [7, 11) is 0. The van der Waals surface area contributed by atoms with Gasteiger partial charge in [0.05, 0.1) is 23.0 Å². The second kappa shape index (κ2) is 4.69. The van der Waals surface area contributed by atoms with Crippen molar-refractivity contribution in [1.29, 1.82) is 0 Å². The number of anilines is 1. The molecule has 0 atom stereocenters. The van der Waals surface area contributed by atoms with Crippen LogP contribution >= 0.6 is 27.7 Å². The highest BCUT2D eigenvalue weighted by Crippen LogP contribution is 2.31. The Morgan fingerprint density at radius 1 is 1.58 bits per heavy atom. The summed E-state index contributed by atoms with van der Waals surface area (Å²) in [5.41, 5.74) is 6.31. The van der Waals surface area contributed by atoms with Gasteiger partial charge in [-0.25, -0.2) is 0 Å². The van der Waals surface area contributed by atoms with Crippen LogP contribution in [0.5, 0.6) is 0 Å². The van der Waals surface area contributed by atoms with E-state index in [1.807, 2.05) is 0 Å². The SMILES string of the molecule is Nc1cncc(Br)c1SCCO. The molecule has 12 heavy (non-hydrogen) atoms. The minimum Gasteiger partial charge on any atom is -0.397 e. The summed E-state index contributed by atoms with van der Waals surface area (Å²) in [6, 6.07) is 0. The molecule has 0 bridgehead atoms. The molecule has 1 heterocycles. The predicted molar refractivity (Wildman–Crippen MR) is 54.2 cm³/mol. The van der Waals surface area contributed by atoms with Gasteiger partial charge in [-0.05, 0) is 15.9 Å². The number of hydrogen-bond acceptors (Lipinski definition) is 4. The van der Waals surface area contributed by atoms with Crippen molar-refractivity contribution in [1.82, 2.24) is 4.98 Å². The van der Waals surface area contributed by atoms with Crippen LogP contribution in [0.4, 0.5) is 5.69 Å². The number of aliphatic hydroxyl groups is 1. The maximum atomic E-state index is 8.62. The zero-order valence-corrected chi connectivity index (χ0v) is 8.73. The molecular formula is C7H9BrN2OS. The average molecular weight is 249 g/mol. The largest absolute Gasteiger partial charge is 0.397 e. The molecule has 0 spiro atoms. The van der Waals surface area contributed by atoms with E-state index in [9.17, 15) is 0 Å². The van der Waals surface area contributed by atoms with Crippen molar-refractivity contribution in [2.75, 3.05) is 18.1 Å². The third-order valence-corrected chi connectivity index (χ3v) is 3.21. The van der Waals surface area contributed by atoms with Crippen LogP contribution in [0.25, 0.3) is 0 Å². The van der Waals surface area contributed by atoms with E-state index in [4.69, 9.17) is 10.8 Å². The van der Waals surface area contributed by atoms with Gasteiger partial charge >= 0.3 is 0 Å². The zero-order chi connectivity index (χ0) is 8.97. The van der Waals surface area contributed by atoms with Gasteiger partial charge in [-0.2, -0.15) is 0 Å². The first-order chi connectivity index (χ1) is 5.75. The zero-order valence-electron chi connectivity index (χ0n) is 6.33. The van der Waals surface area contributed by atoms with Gasteiger partial charge in [-0.3, -0.25) is 4.98 Å². The lowest BCUT2D eigenvalue weighted by molar-refractivity contribution is 0.322. The highest BCUT2D eigenvalue weighted by atomic mass is 79.9. The topological polar surface area (TPSA) is 59.1 Å². The maximum Gasteiger partial charge on any atom is 0.0650 e. The van der Waals surface area contributed by atoms with Crippen molar-refractivity contribution < 1.29 is 5.11 Å². The van der Waals surface area contributed by atoms with Crippen molar-refractivity contribution >= 4 is 33.4 Å².